The third-order valence-corrected chi connectivity index (χ3v) is 4.35. The van der Waals surface area contributed by atoms with E-state index in [4.69, 9.17) is 11.6 Å². The minimum atomic E-state index is -0.254. The van der Waals surface area contributed by atoms with Crippen molar-refractivity contribution in [3.8, 4) is 0 Å². The molecule has 0 spiro atoms. The molecule has 1 atom stereocenters. The summed E-state index contributed by atoms with van der Waals surface area (Å²) in [6, 6.07) is 5.64. The fraction of sp³-hybridized carbons (Fsp3) is 0.600. The molecule has 0 heterocycles. The van der Waals surface area contributed by atoms with Gasteiger partial charge in [-0.2, -0.15) is 0 Å². The average Bonchev–Trinajstić information content (AvgIpc) is 2.41. The zero-order chi connectivity index (χ0) is 13.0. The number of benzene rings is 1. The Morgan fingerprint density at radius 2 is 2.06 bits per heavy atom. The van der Waals surface area contributed by atoms with Gasteiger partial charge in [-0.05, 0) is 43.9 Å². The van der Waals surface area contributed by atoms with Crippen LogP contribution in [0.25, 0.3) is 0 Å². The number of rotatable bonds is 4. The molecule has 1 fully saturated rings. The predicted octanol–water partition coefficient (Wildman–Crippen LogP) is 4.19. The SMILES string of the molecule is CNC(Cc1cccc(Cl)c1F)C1CCCCC1. The number of hydrogen-bond acceptors (Lipinski definition) is 1. The lowest BCUT2D eigenvalue weighted by Crippen LogP contribution is -2.36. The van der Waals surface area contributed by atoms with Crippen molar-refractivity contribution in [1.29, 1.82) is 0 Å². The summed E-state index contributed by atoms with van der Waals surface area (Å²) >= 11 is 5.83. The maximum Gasteiger partial charge on any atom is 0.145 e. The van der Waals surface area contributed by atoms with Crippen molar-refractivity contribution in [2.24, 2.45) is 5.92 Å². The number of hydrogen-bond donors (Lipinski definition) is 1. The molecule has 1 aromatic rings. The van der Waals surface area contributed by atoms with Gasteiger partial charge in [0, 0.05) is 6.04 Å². The van der Waals surface area contributed by atoms with Crippen molar-refractivity contribution in [3.05, 3.63) is 34.6 Å². The van der Waals surface area contributed by atoms with Gasteiger partial charge in [-0.15, -0.1) is 0 Å². The average molecular weight is 270 g/mol. The predicted molar refractivity (Wildman–Crippen MR) is 74.5 cm³/mol. The van der Waals surface area contributed by atoms with Gasteiger partial charge in [0.2, 0.25) is 0 Å². The second kappa shape index (κ2) is 6.53. The normalized spacial score (nSPS) is 18.8. The van der Waals surface area contributed by atoms with Crippen LogP contribution >= 0.6 is 11.6 Å². The van der Waals surface area contributed by atoms with E-state index in [1.54, 1.807) is 6.07 Å². The van der Waals surface area contributed by atoms with Crippen LogP contribution in [0, 0.1) is 11.7 Å². The Morgan fingerprint density at radius 3 is 2.72 bits per heavy atom. The van der Waals surface area contributed by atoms with Crippen LogP contribution in [0.15, 0.2) is 18.2 Å². The maximum atomic E-state index is 13.9. The van der Waals surface area contributed by atoms with Gasteiger partial charge in [-0.25, -0.2) is 4.39 Å². The summed E-state index contributed by atoms with van der Waals surface area (Å²) in [5.74, 6) is 0.414. The van der Waals surface area contributed by atoms with Crippen LogP contribution in [-0.4, -0.2) is 13.1 Å². The summed E-state index contributed by atoms with van der Waals surface area (Å²) in [6.07, 6.45) is 7.20. The topological polar surface area (TPSA) is 12.0 Å². The number of likely N-dealkylation sites (N-methyl/N-ethyl adjacent to an activating group) is 1. The van der Waals surface area contributed by atoms with Gasteiger partial charge in [0.05, 0.1) is 5.02 Å². The van der Waals surface area contributed by atoms with E-state index in [0.29, 0.717) is 12.0 Å². The first-order valence-electron chi connectivity index (χ1n) is 6.82. The third kappa shape index (κ3) is 3.24. The van der Waals surface area contributed by atoms with Crippen molar-refractivity contribution in [2.75, 3.05) is 7.05 Å². The zero-order valence-corrected chi connectivity index (χ0v) is 11.6. The summed E-state index contributed by atoms with van der Waals surface area (Å²) in [4.78, 5) is 0. The first-order valence-corrected chi connectivity index (χ1v) is 7.20. The molecule has 1 aliphatic rings. The highest BCUT2D eigenvalue weighted by Crippen LogP contribution is 2.29. The summed E-state index contributed by atoms with van der Waals surface area (Å²) < 4.78 is 13.9. The summed E-state index contributed by atoms with van der Waals surface area (Å²) in [5, 5.41) is 3.58. The highest BCUT2D eigenvalue weighted by atomic mass is 35.5. The molecule has 18 heavy (non-hydrogen) atoms. The Kier molecular flexibility index (Phi) is 5.02. The van der Waals surface area contributed by atoms with E-state index in [9.17, 15) is 4.39 Å². The van der Waals surface area contributed by atoms with E-state index in [1.807, 2.05) is 19.2 Å². The Balaban J connectivity index is 2.07. The molecule has 1 unspecified atom stereocenters. The van der Waals surface area contributed by atoms with Gasteiger partial charge < -0.3 is 5.32 Å². The van der Waals surface area contributed by atoms with E-state index in [1.165, 1.54) is 32.1 Å². The van der Waals surface area contributed by atoms with Gasteiger partial charge in [0.15, 0.2) is 0 Å². The van der Waals surface area contributed by atoms with Crippen molar-refractivity contribution < 1.29 is 4.39 Å². The summed E-state index contributed by atoms with van der Waals surface area (Å²) in [6.45, 7) is 0. The molecule has 0 bridgehead atoms. The van der Waals surface area contributed by atoms with Crippen LogP contribution in [0.2, 0.25) is 5.02 Å². The monoisotopic (exact) mass is 269 g/mol. The molecule has 0 aliphatic heterocycles. The summed E-state index contributed by atoms with van der Waals surface area (Å²) in [7, 11) is 1.97. The lowest BCUT2D eigenvalue weighted by molar-refractivity contribution is 0.275. The largest absolute Gasteiger partial charge is 0.316 e. The third-order valence-electron chi connectivity index (χ3n) is 4.06. The van der Waals surface area contributed by atoms with E-state index >= 15 is 0 Å². The minimum absolute atomic E-state index is 0.228. The van der Waals surface area contributed by atoms with E-state index in [2.05, 4.69) is 5.32 Å². The molecular weight excluding hydrogens is 249 g/mol. The highest BCUT2D eigenvalue weighted by Gasteiger charge is 2.23. The second-order valence-electron chi connectivity index (χ2n) is 5.21. The van der Waals surface area contributed by atoms with Crippen molar-refractivity contribution >= 4 is 11.6 Å². The maximum absolute atomic E-state index is 13.9. The Labute approximate surface area is 114 Å². The minimum Gasteiger partial charge on any atom is -0.316 e. The van der Waals surface area contributed by atoms with Gasteiger partial charge in [-0.3, -0.25) is 0 Å². The fourth-order valence-corrected chi connectivity index (χ4v) is 3.18. The number of nitrogens with one attached hydrogen (secondary N) is 1. The Bertz CT molecular complexity index is 388. The lowest BCUT2D eigenvalue weighted by atomic mass is 9.81. The molecule has 100 valence electrons. The highest BCUT2D eigenvalue weighted by molar-refractivity contribution is 6.30. The van der Waals surface area contributed by atoms with Crippen LogP contribution in [0.5, 0.6) is 0 Å². The van der Waals surface area contributed by atoms with Gasteiger partial charge in [0.25, 0.3) is 0 Å². The quantitative estimate of drug-likeness (QED) is 0.864. The smallest absolute Gasteiger partial charge is 0.145 e. The van der Waals surface area contributed by atoms with Crippen LogP contribution in [0.4, 0.5) is 4.39 Å². The standard InChI is InChI=1S/C15H21ClFN/c1-18-14(11-6-3-2-4-7-11)10-12-8-5-9-13(16)15(12)17/h5,8-9,11,14,18H,2-4,6-7,10H2,1H3. The van der Waals surface area contributed by atoms with Crippen LogP contribution in [-0.2, 0) is 6.42 Å². The molecule has 1 aromatic carbocycles. The van der Waals surface area contributed by atoms with E-state index in [-0.39, 0.29) is 10.8 Å². The first-order chi connectivity index (χ1) is 8.72. The molecule has 0 amide bonds. The van der Waals surface area contributed by atoms with Gasteiger partial charge >= 0.3 is 0 Å². The van der Waals surface area contributed by atoms with Crippen LogP contribution in [0.3, 0.4) is 0 Å². The van der Waals surface area contributed by atoms with E-state index < -0.39 is 0 Å². The molecule has 1 N–H and O–H groups in total. The first kappa shape index (κ1) is 13.8. The van der Waals surface area contributed by atoms with Gasteiger partial charge in [0.1, 0.15) is 5.82 Å². The molecule has 1 saturated carbocycles. The molecule has 0 aromatic heterocycles. The van der Waals surface area contributed by atoms with Crippen molar-refractivity contribution in [1.82, 2.24) is 5.32 Å². The summed E-state index contributed by atoms with van der Waals surface area (Å²) in [5.41, 5.74) is 0.729. The van der Waals surface area contributed by atoms with Crippen LogP contribution < -0.4 is 5.32 Å². The van der Waals surface area contributed by atoms with Gasteiger partial charge in [-0.1, -0.05) is 43.0 Å². The number of halogens is 2. The Morgan fingerprint density at radius 1 is 1.33 bits per heavy atom. The second-order valence-corrected chi connectivity index (χ2v) is 5.62. The lowest BCUT2D eigenvalue weighted by Gasteiger charge is -2.30. The van der Waals surface area contributed by atoms with Crippen molar-refractivity contribution in [3.63, 3.8) is 0 Å². The molecule has 0 radical (unpaired) electrons. The molecule has 0 saturated heterocycles. The Hall–Kier alpha value is -0.600. The molecule has 1 nitrogen and oxygen atoms in total. The molecule has 1 aliphatic carbocycles. The van der Waals surface area contributed by atoms with E-state index in [0.717, 1.165) is 12.0 Å². The molecule has 2 rings (SSSR count). The molecular formula is C15H21ClFN. The zero-order valence-electron chi connectivity index (χ0n) is 10.9. The fourth-order valence-electron chi connectivity index (χ4n) is 2.98. The van der Waals surface area contributed by atoms with Crippen molar-refractivity contribution in [2.45, 2.75) is 44.6 Å². The molecule has 3 heteroatoms. The van der Waals surface area contributed by atoms with Crippen LogP contribution in [0.1, 0.15) is 37.7 Å².